The van der Waals surface area contributed by atoms with E-state index in [1.807, 2.05) is 11.0 Å². The van der Waals surface area contributed by atoms with Gasteiger partial charge >= 0.3 is 0 Å². The second-order valence-electron chi connectivity index (χ2n) is 5.23. The average Bonchev–Trinajstić information content (AvgIpc) is 2.71. The van der Waals surface area contributed by atoms with Crippen LogP contribution >= 0.6 is 27.5 Å². The number of carbonyl (C=O) groups is 1. The highest BCUT2D eigenvalue weighted by Crippen LogP contribution is 2.25. The fourth-order valence-electron chi connectivity index (χ4n) is 2.69. The summed E-state index contributed by atoms with van der Waals surface area (Å²) in [6.45, 7) is 1.46. The molecule has 0 fully saturated rings. The van der Waals surface area contributed by atoms with E-state index in [2.05, 4.69) is 34.1 Å². The Morgan fingerprint density at radius 3 is 2.67 bits per heavy atom. The molecule has 1 heterocycles. The summed E-state index contributed by atoms with van der Waals surface area (Å²) in [5, 5.41) is 0.618. The van der Waals surface area contributed by atoms with Crippen molar-refractivity contribution in [2.45, 2.75) is 19.4 Å². The van der Waals surface area contributed by atoms with Crippen molar-refractivity contribution in [1.29, 1.82) is 0 Å². The van der Waals surface area contributed by atoms with Crippen LogP contribution in [-0.4, -0.2) is 17.4 Å². The fraction of sp³-hybridized carbons (Fsp3) is 0.235. The number of amides is 1. The SMILES string of the molecule is O=C(c1ccc(Cl)c(Br)c1)N1CCCc2ccccc2C1. The first-order valence-corrected chi connectivity index (χ1v) is 8.13. The van der Waals surface area contributed by atoms with E-state index in [1.54, 1.807) is 18.2 Å². The Labute approximate surface area is 137 Å². The standard InChI is InChI=1S/C17H15BrClNO/c18-15-10-13(7-8-16(15)19)17(21)20-9-3-6-12-4-1-2-5-14(12)11-20/h1-2,4-5,7-8,10H,3,6,9,11H2. The van der Waals surface area contributed by atoms with Gasteiger partial charge in [0.1, 0.15) is 0 Å². The molecule has 0 aliphatic carbocycles. The van der Waals surface area contributed by atoms with Crippen LogP contribution in [0.3, 0.4) is 0 Å². The first-order chi connectivity index (χ1) is 10.1. The van der Waals surface area contributed by atoms with Gasteiger partial charge in [-0.15, -0.1) is 0 Å². The van der Waals surface area contributed by atoms with Gasteiger partial charge in [0.15, 0.2) is 0 Å². The van der Waals surface area contributed by atoms with Gasteiger partial charge in [0.2, 0.25) is 0 Å². The monoisotopic (exact) mass is 363 g/mol. The number of halogens is 2. The number of benzene rings is 2. The van der Waals surface area contributed by atoms with Crippen molar-refractivity contribution in [3.05, 3.63) is 68.7 Å². The summed E-state index contributed by atoms with van der Waals surface area (Å²) in [5.41, 5.74) is 3.27. The molecule has 0 N–H and O–H groups in total. The highest BCUT2D eigenvalue weighted by atomic mass is 79.9. The smallest absolute Gasteiger partial charge is 0.254 e. The van der Waals surface area contributed by atoms with Gasteiger partial charge in [0.05, 0.1) is 5.02 Å². The van der Waals surface area contributed by atoms with E-state index in [0.29, 0.717) is 17.1 Å². The summed E-state index contributed by atoms with van der Waals surface area (Å²) in [6, 6.07) is 13.7. The number of rotatable bonds is 1. The molecule has 1 aliphatic rings. The highest BCUT2D eigenvalue weighted by molar-refractivity contribution is 9.10. The van der Waals surface area contributed by atoms with Crippen molar-refractivity contribution in [1.82, 2.24) is 4.90 Å². The molecule has 1 amide bonds. The Kier molecular flexibility index (Phi) is 4.32. The van der Waals surface area contributed by atoms with E-state index in [9.17, 15) is 4.79 Å². The molecule has 0 bridgehead atoms. The van der Waals surface area contributed by atoms with Gasteiger partial charge in [0, 0.05) is 23.1 Å². The number of carbonyl (C=O) groups excluding carboxylic acids is 1. The Bertz CT molecular complexity index is 686. The van der Waals surface area contributed by atoms with Crippen LogP contribution in [-0.2, 0) is 13.0 Å². The van der Waals surface area contributed by atoms with E-state index < -0.39 is 0 Å². The van der Waals surface area contributed by atoms with Gasteiger partial charge in [0.25, 0.3) is 5.91 Å². The maximum atomic E-state index is 12.7. The van der Waals surface area contributed by atoms with Gasteiger partial charge in [-0.1, -0.05) is 35.9 Å². The number of fused-ring (bicyclic) bond motifs is 1. The quantitative estimate of drug-likeness (QED) is 0.719. The largest absolute Gasteiger partial charge is 0.334 e. The summed E-state index contributed by atoms with van der Waals surface area (Å²) < 4.78 is 0.755. The molecule has 0 spiro atoms. The van der Waals surface area contributed by atoms with E-state index in [0.717, 1.165) is 23.9 Å². The van der Waals surface area contributed by atoms with Crippen molar-refractivity contribution in [2.75, 3.05) is 6.54 Å². The molecule has 0 radical (unpaired) electrons. The number of hydrogen-bond donors (Lipinski definition) is 0. The van der Waals surface area contributed by atoms with E-state index in [4.69, 9.17) is 11.6 Å². The molecule has 2 nitrogen and oxygen atoms in total. The molecule has 0 unspecified atom stereocenters. The number of aryl methyl sites for hydroxylation is 1. The predicted molar refractivity (Wildman–Crippen MR) is 88.7 cm³/mol. The minimum atomic E-state index is 0.0593. The number of hydrogen-bond acceptors (Lipinski definition) is 1. The lowest BCUT2D eigenvalue weighted by Gasteiger charge is -2.21. The van der Waals surface area contributed by atoms with Gasteiger partial charge in [-0.25, -0.2) is 0 Å². The normalized spacial score (nSPS) is 14.5. The van der Waals surface area contributed by atoms with Crippen LogP contribution in [0.5, 0.6) is 0 Å². The maximum Gasteiger partial charge on any atom is 0.254 e. The Morgan fingerprint density at radius 2 is 1.90 bits per heavy atom. The van der Waals surface area contributed by atoms with Crippen molar-refractivity contribution < 1.29 is 4.79 Å². The first-order valence-electron chi connectivity index (χ1n) is 6.96. The second-order valence-corrected chi connectivity index (χ2v) is 6.49. The Hall–Kier alpha value is -1.32. The molecule has 0 saturated heterocycles. The van der Waals surface area contributed by atoms with E-state index >= 15 is 0 Å². The maximum absolute atomic E-state index is 12.7. The minimum absolute atomic E-state index is 0.0593. The van der Waals surface area contributed by atoms with Gasteiger partial charge in [-0.05, 0) is 58.1 Å². The van der Waals surface area contributed by atoms with E-state index in [-0.39, 0.29) is 5.91 Å². The van der Waals surface area contributed by atoms with Crippen LogP contribution in [0.15, 0.2) is 46.9 Å². The minimum Gasteiger partial charge on any atom is -0.334 e. The molecule has 2 aromatic carbocycles. The van der Waals surface area contributed by atoms with Crippen LogP contribution in [0.4, 0.5) is 0 Å². The lowest BCUT2D eigenvalue weighted by molar-refractivity contribution is 0.0746. The summed E-state index contributed by atoms with van der Waals surface area (Å²) in [6.07, 6.45) is 2.03. The third-order valence-corrected chi connectivity index (χ3v) is 5.02. The van der Waals surface area contributed by atoms with Crippen molar-refractivity contribution >= 4 is 33.4 Å². The van der Waals surface area contributed by atoms with Gasteiger partial charge in [-0.2, -0.15) is 0 Å². The van der Waals surface area contributed by atoms with Gasteiger partial charge < -0.3 is 4.90 Å². The van der Waals surface area contributed by atoms with Crippen molar-refractivity contribution in [3.63, 3.8) is 0 Å². The lowest BCUT2D eigenvalue weighted by atomic mass is 10.0. The molecule has 0 atom stereocenters. The van der Waals surface area contributed by atoms with Crippen molar-refractivity contribution in [3.8, 4) is 0 Å². The zero-order chi connectivity index (χ0) is 14.8. The predicted octanol–water partition coefficient (Wildman–Crippen LogP) is 4.69. The second kappa shape index (κ2) is 6.20. The van der Waals surface area contributed by atoms with E-state index in [1.165, 1.54) is 11.1 Å². The molecule has 21 heavy (non-hydrogen) atoms. The summed E-state index contributed by atoms with van der Waals surface area (Å²) in [5.74, 6) is 0.0593. The Morgan fingerprint density at radius 1 is 1.14 bits per heavy atom. The summed E-state index contributed by atoms with van der Waals surface area (Å²) in [7, 11) is 0. The van der Waals surface area contributed by atoms with Crippen LogP contribution in [0.25, 0.3) is 0 Å². The highest BCUT2D eigenvalue weighted by Gasteiger charge is 2.20. The first kappa shape index (κ1) is 14.6. The molecule has 0 aromatic heterocycles. The topological polar surface area (TPSA) is 20.3 Å². The molecule has 3 rings (SSSR count). The lowest BCUT2D eigenvalue weighted by Crippen LogP contribution is -2.30. The molecule has 2 aromatic rings. The number of nitrogens with zero attached hydrogens (tertiary/aromatic N) is 1. The molecule has 108 valence electrons. The zero-order valence-electron chi connectivity index (χ0n) is 11.5. The summed E-state index contributed by atoms with van der Waals surface area (Å²) >= 11 is 9.37. The molecule has 0 saturated carbocycles. The Balaban J connectivity index is 1.86. The molecule has 4 heteroatoms. The fourth-order valence-corrected chi connectivity index (χ4v) is 3.18. The van der Waals surface area contributed by atoms with Crippen LogP contribution < -0.4 is 0 Å². The average molecular weight is 365 g/mol. The van der Waals surface area contributed by atoms with Crippen molar-refractivity contribution in [2.24, 2.45) is 0 Å². The molecular formula is C17H15BrClNO. The molecular weight excluding hydrogens is 350 g/mol. The van der Waals surface area contributed by atoms with Crippen LogP contribution in [0.2, 0.25) is 5.02 Å². The van der Waals surface area contributed by atoms with Crippen LogP contribution in [0, 0.1) is 0 Å². The van der Waals surface area contributed by atoms with Crippen LogP contribution in [0.1, 0.15) is 27.9 Å². The third-order valence-electron chi connectivity index (χ3n) is 3.81. The molecule has 1 aliphatic heterocycles. The third kappa shape index (κ3) is 3.14. The summed E-state index contributed by atoms with van der Waals surface area (Å²) in [4.78, 5) is 14.6. The van der Waals surface area contributed by atoms with Gasteiger partial charge in [-0.3, -0.25) is 4.79 Å². The zero-order valence-corrected chi connectivity index (χ0v) is 13.8.